The molecule has 1 fully saturated rings. The number of hydrogen-bond donors (Lipinski definition) is 0. The van der Waals surface area contributed by atoms with E-state index in [0.29, 0.717) is 35.3 Å². The molecule has 4 aromatic rings. The van der Waals surface area contributed by atoms with E-state index in [0.717, 1.165) is 11.1 Å². The van der Waals surface area contributed by atoms with E-state index in [4.69, 9.17) is 4.74 Å². The molecule has 10 heteroatoms. The fourth-order valence-corrected chi connectivity index (χ4v) is 7.02. The lowest BCUT2D eigenvalue weighted by Crippen LogP contribution is -2.45. The predicted octanol–water partition coefficient (Wildman–Crippen LogP) is 3.03. The van der Waals surface area contributed by atoms with Crippen molar-refractivity contribution >= 4 is 32.5 Å². The van der Waals surface area contributed by atoms with Gasteiger partial charge in [0.25, 0.3) is 5.56 Å². The Morgan fingerprint density at radius 2 is 1.77 bits per heavy atom. The second-order valence-corrected chi connectivity index (χ2v) is 11.4. The van der Waals surface area contributed by atoms with Crippen LogP contribution in [0.3, 0.4) is 0 Å². The first-order valence-electron chi connectivity index (χ1n) is 11.5. The number of nitrogens with zero attached hydrogens (tertiary/aromatic N) is 4. The third-order valence-corrected chi connectivity index (χ3v) is 9.59. The lowest BCUT2D eigenvalue weighted by molar-refractivity contribution is -0.148. The molecule has 1 saturated carbocycles. The number of hydrogen-bond acceptors (Lipinski definition) is 7. The maximum absolute atomic E-state index is 13.7. The van der Waals surface area contributed by atoms with Gasteiger partial charge in [0, 0.05) is 7.05 Å². The highest BCUT2D eigenvalue weighted by atomic mass is 32.2. The zero-order valence-electron chi connectivity index (χ0n) is 19.8. The van der Waals surface area contributed by atoms with Gasteiger partial charge in [0.1, 0.15) is 0 Å². The van der Waals surface area contributed by atoms with Gasteiger partial charge in [0.05, 0.1) is 15.8 Å². The van der Waals surface area contributed by atoms with Gasteiger partial charge in [-0.05, 0) is 62.1 Å². The summed E-state index contributed by atoms with van der Waals surface area (Å²) in [7, 11) is -2.39. The highest BCUT2D eigenvalue weighted by Crippen LogP contribution is 2.42. The minimum atomic E-state index is -3.98. The largest absolute Gasteiger partial charge is 0.456 e. The molecule has 0 atom stereocenters. The minimum absolute atomic E-state index is 0.133. The Bertz CT molecular complexity index is 1650. The average Bonchev–Trinajstić information content (AvgIpc) is 3.51. The van der Waals surface area contributed by atoms with Crippen LogP contribution in [-0.4, -0.2) is 38.3 Å². The van der Waals surface area contributed by atoms with E-state index < -0.39 is 20.6 Å². The summed E-state index contributed by atoms with van der Waals surface area (Å²) in [5, 5.41) is 8.71. The molecule has 0 radical (unpaired) electrons. The van der Waals surface area contributed by atoms with Crippen molar-refractivity contribution in [3.8, 4) is 0 Å². The van der Waals surface area contributed by atoms with Crippen molar-refractivity contribution in [2.75, 3.05) is 0 Å². The molecule has 0 spiro atoms. The van der Waals surface area contributed by atoms with Gasteiger partial charge in [0.15, 0.2) is 27.0 Å². The SMILES string of the molecule is Cc1ccc(S(=O)(=O)C2(C(=O)OCc3nnc4n(C)c(=O)c5ccccc5n34)CCCC2)cc1C. The molecular weight excluding hydrogens is 468 g/mol. The number of sulfone groups is 1. The molecule has 1 aliphatic carbocycles. The maximum atomic E-state index is 13.7. The molecule has 182 valence electrons. The van der Waals surface area contributed by atoms with Crippen LogP contribution in [0.1, 0.15) is 42.6 Å². The molecular formula is C25H26N4O5S. The van der Waals surface area contributed by atoms with Crippen molar-refractivity contribution in [3.05, 3.63) is 69.8 Å². The Morgan fingerprint density at radius 3 is 2.49 bits per heavy atom. The molecule has 0 aliphatic heterocycles. The molecule has 9 nitrogen and oxygen atoms in total. The van der Waals surface area contributed by atoms with Crippen molar-refractivity contribution in [1.82, 2.24) is 19.2 Å². The van der Waals surface area contributed by atoms with Crippen molar-refractivity contribution < 1.29 is 17.9 Å². The third kappa shape index (κ3) is 3.46. The van der Waals surface area contributed by atoms with Gasteiger partial charge in [0.2, 0.25) is 5.78 Å². The van der Waals surface area contributed by atoms with Gasteiger partial charge in [-0.2, -0.15) is 0 Å². The molecule has 2 aromatic heterocycles. The number of aryl methyl sites for hydroxylation is 3. The van der Waals surface area contributed by atoms with Gasteiger partial charge in [-0.25, -0.2) is 8.42 Å². The highest BCUT2D eigenvalue weighted by molar-refractivity contribution is 7.93. The molecule has 2 aromatic carbocycles. The lowest BCUT2D eigenvalue weighted by atomic mass is 10.1. The lowest BCUT2D eigenvalue weighted by Gasteiger charge is -2.26. The Morgan fingerprint density at radius 1 is 1.06 bits per heavy atom. The number of rotatable bonds is 5. The van der Waals surface area contributed by atoms with E-state index in [1.165, 1.54) is 4.57 Å². The van der Waals surface area contributed by atoms with Crippen LogP contribution in [-0.2, 0) is 33.0 Å². The number of carbonyl (C=O) groups is 1. The molecule has 2 heterocycles. The van der Waals surface area contributed by atoms with Crippen LogP contribution in [0.4, 0.5) is 0 Å². The second kappa shape index (κ2) is 8.30. The van der Waals surface area contributed by atoms with E-state index in [-0.39, 0.29) is 29.9 Å². The number of ether oxygens (including phenoxy) is 1. The molecule has 0 N–H and O–H groups in total. The topological polar surface area (TPSA) is 113 Å². The number of esters is 1. The molecule has 1 aliphatic rings. The molecule has 5 rings (SSSR count). The first-order valence-corrected chi connectivity index (χ1v) is 13.0. The van der Waals surface area contributed by atoms with Crippen molar-refractivity contribution in [2.45, 2.75) is 55.8 Å². The van der Waals surface area contributed by atoms with Crippen molar-refractivity contribution in [3.63, 3.8) is 0 Å². The summed E-state index contributed by atoms with van der Waals surface area (Å²) in [5.74, 6) is -0.172. The molecule has 0 unspecified atom stereocenters. The summed E-state index contributed by atoms with van der Waals surface area (Å²) in [5.41, 5.74) is 2.20. The van der Waals surface area contributed by atoms with Crippen LogP contribution < -0.4 is 5.56 Å². The number of aromatic nitrogens is 4. The van der Waals surface area contributed by atoms with Crippen molar-refractivity contribution in [2.24, 2.45) is 7.05 Å². The van der Waals surface area contributed by atoms with E-state index in [9.17, 15) is 18.0 Å². The minimum Gasteiger partial charge on any atom is -0.456 e. The molecule has 0 bridgehead atoms. The quantitative estimate of drug-likeness (QED) is 0.392. The van der Waals surface area contributed by atoms with Gasteiger partial charge in [-0.1, -0.05) is 31.0 Å². The van der Waals surface area contributed by atoms with Crippen LogP contribution in [0, 0.1) is 13.8 Å². The molecule has 35 heavy (non-hydrogen) atoms. The summed E-state index contributed by atoms with van der Waals surface area (Å²) in [6, 6.07) is 12.0. The monoisotopic (exact) mass is 494 g/mol. The van der Waals surface area contributed by atoms with Crippen LogP contribution in [0.5, 0.6) is 0 Å². The molecule has 0 amide bonds. The second-order valence-electron chi connectivity index (χ2n) is 9.16. The highest BCUT2D eigenvalue weighted by Gasteiger charge is 2.54. The van der Waals surface area contributed by atoms with Crippen LogP contribution >= 0.6 is 0 Å². The van der Waals surface area contributed by atoms with Crippen LogP contribution in [0.25, 0.3) is 16.7 Å². The van der Waals surface area contributed by atoms with E-state index in [1.54, 1.807) is 53.9 Å². The summed E-state index contributed by atoms with van der Waals surface area (Å²) >= 11 is 0. The van der Waals surface area contributed by atoms with Gasteiger partial charge >= 0.3 is 5.97 Å². The number of para-hydroxylation sites is 1. The zero-order chi connectivity index (χ0) is 25.0. The fourth-order valence-electron chi connectivity index (χ4n) is 4.88. The summed E-state index contributed by atoms with van der Waals surface area (Å²) in [6.07, 6.45) is 1.66. The van der Waals surface area contributed by atoms with Gasteiger partial charge in [-0.15, -0.1) is 10.2 Å². The van der Waals surface area contributed by atoms with Crippen molar-refractivity contribution in [1.29, 1.82) is 0 Å². The first kappa shape index (κ1) is 23.2. The molecule has 0 saturated heterocycles. The average molecular weight is 495 g/mol. The number of fused-ring (bicyclic) bond motifs is 3. The van der Waals surface area contributed by atoms with Gasteiger partial charge in [-0.3, -0.25) is 18.6 Å². The van der Waals surface area contributed by atoms with Crippen LogP contribution in [0.2, 0.25) is 0 Å². The summed E-state index contributed by atoms with van der Waals surface area (Å²) in [4.78, 5) is 26.2. The normalized spacial score (nSPS) is 15.6. The predicted molar refractivity (Wildman–Crippen MR) is 130 cm³/mol. The summed E-state index contributed by atoms with van der Waals surface area (Å²) < 4.78 is 34.5. The Kier molecular flexibility index (Phi) is 5.51. The smallest absolute Gasteiger partial charge is 0.328 e. The zero-order valence-corrected chi connectivity index (χ0v) is 20.6. The number of benzene rings is 2. The Hall–Kier alpha value is -3.53. The number of carbonyl (C=O) groups excluding carboxylic acids is 1. The summed E-state index contributed by atoms with van der Waals surface area (Å²) in [6.45, 7) is 3.49. The maximum Gasteiger partial charge on any atom is 0.328 e. The van der Waals surface area contributed by atoms with E-state index >= 15 is 0 Å². The Labute approximate surface area is 202 Å². The fraction of sp³-hybridized carbons (Fsp3) is 0.360. The Balaban J connectivity index is 1.52. The standard InChI is InChI=1S/C25H26N4O5S/c1-16-10-11-18(14-17(16)2)35(32,33)25(12-6-7-13-25)23(31)34-15-21-26-27-24-28(3)22(30)19-8-4-5-9-20(19)29(21)24/h4-5,8-11,14H,6-7,12-13,15H2,1-3H3. The van der Waals surface area contributed by atoms with E-state index in [2.05, 4.69) is 10.2 Å². The third-order valence-electron chi connectivity index (χ3n) is 7.11. The first-order chi connectivity index (χ1) is 16.7. The van der Waals surface area contributed by atoms with Gasteiger partial charge < -0.3 is 4.74 Å². The van der Waals surface area contributed by atoms with Crippen LogP contribution in [0.15, 0.2) is 52.2 Å². The van der Waals surface area contributed by atoms with E-state index in [1.807, 2.05) is 13.8 Å².